The van der Waals surface area contributed by atoms with E-state index in [2.05, 4.69) is 0 Å². The van der Waals surface area contributed by atoms with Crippen LogP contribution < -0.4 is 5.73 Å². The van der Waals surface area contributed by atoms with E-state index < -0.39 is 35.7 Å². The van der Waals surface area contributed by atoms with E-state index in [4.69, 9.17) is 15.2 Å². The molecule has 0 saturated heterocycles. The minimum Gasteiger partial charge on any atom is -0.481 e. The normalized spacial score (nSPS) is 19.4. The molecule has 0 amide bonds. The molecular formula is C17H29NO6. The number of esters is 2. The minimum absolute atomic E-state index is 0.161. The molecule has 0 spiro atoms. The average molecular weight is 343 g/mol. The van der Waals surface area contributed by atoms with Gasteiger partial charge in [-0.2, -0.15) is 0 Å². The summed E-state index contributed by atoms with van der Waals surface area (Å²) in [6.45, 7) is 5.10. The van der Waals surface area contributed by atoms with E-state index in [0.29, 0.717) is 19.3 Å². The quantitative estimate of drug-likeness (QED) is 0.512. The molecule has 2 unspecified atom stereocenters. The molecule has 1 fully saturated rings. The molecule has 0 aromatic carbocycles. The number of carbonyl (C=O) groups excluding carboxylic acids is 2. The summed E-state index contributed by atoms with van der Waals surface area (Å²) in [6.07, 6.45) is 3.00. The highest BCUT2D eigenvalue weighted by Gasteiger charge is 2.44. The van der Waals surface area contributed by atoms with Gasteiger partial charge in [0.1, 0.15) is 6.04 Å². The molecule has 0 bridgehead atoms. The second-order valence-electron chi connectivity index (χ2n) is 6.84. The number of carbonyl (C=O) groups is 3. The van der Waals surface area contributed by atoms with E-state index in [1.54, 1.807) is 20.8 Å². The van der Waals surface area contributed by atoms with Crippen molar-refractivity contribution in [2.45, 2.75) is 78.0 Å². The maximum atomic E-state index is 12.4. The standard InChI is InChI=1S/C17H29NO6/c1-4-13(23-15(21)11(2)3)24-16(22)14(18)17(10-12(19)20)8-6-5-7-9-17/h11,13-14H,4-10,18H2,1-3H3,(H,19,20). The van der Waals surface area contributed by atoms with Crippen LogP contribution in [-0.4, -0.2) is 35.3 Å². The van der Waals surface area contributed by atoms with Gasteiger partial charge in [-0.1, -0.05) is 40.0 Å². The molecule has 7 heteroatoms. The predicted octanol–water partition coefficient (Wildman–Crippen LogP) is 2.22. The Balaban J connectivity index is 2.78. The van der Waals surface area contributed by atoms with E-state index in [1.807, 2.05) is 0 Å². The van der Waals surface area contributed by atoms with Crippen molar-refractivity contribution in [3.05, 3.63) is 0 Å². The molecule has 0 aromatic rings. The molecule has 1 aliphatic rings. The fraction of sp³-hybridized carbons (Fsp3) is 0.824. The number of rotatable bonds is 8. The van der Waals surface area contributed by atoms with Gasteiger partial charge in [0.25, 0.3) is 0 Å². The van der Waals surface area contributed by atoms with Crippen LogP contribution in [0.5, 0.6) is 0 Å². The molecule has 3 N–H and O–H groups in total. The Morgan fingerprint density at radius 1 is 1.08 bits per heavy atom. The smallest absolute Gasteiger partial charge is 0.326 e. The molecule has 1 aliphatic carbocycles. The van der Waals surface area contributed by atoms with E-state index in [-0.39, 0.29) is 12.3 Å². The molecule has 0 heterocycles. The lowest BCUT2D eigenvalue weighted by Crippen LogP contribution is -2.51. The summed E-state index contributed by atoms with van der Waals surface area (Å²) in [5.74, 6) is -2.47. The van der Waals surface area contributed by atoms with Crippen LogP contribution in [0.3, 0.4) is 0 Å². The Kier molecular flexibility index (Phi) is 7.66. The fourth-order valence-electron chi connectivity index (χ4n) is 3.06. The fourth-order valence-corrected chi connectivity index (χ4v) is 3.06. The molecule has 1 rings (SSSR count). The van der Waals surface area contributed by atoms with Crippen LogP contribution in [0, 0.1) is 11.3 Å². The van der Waals surface area contributed by atoms with Gasteiger partial charge < -0.3 is 20.3 Å². The lowest BCUT2D eigenvalue weighted by molar-refractivity contribution is -0.193. The first-order chi connectivity index (χ1) is 11.2. The van der Waals surface area contributed by atoms with Crippen molar-refractivity contribution in [1.82, 2.24) is 0 Å². The van der Waals surface area contributed by atoms with Crippen molar-refractivity contribution >= 4 is 17.9 Å². The summed E-state index contributed by atoms with van der Waals surface area (Å²) in [6, 6.07) is -1.04. The van der Waals surface area contributed by atoms with Crippen molar-refractivity contribution in [2.75, 3.05) is 0 Å². The molecular weight excluding hydrogens is 314 g/mol. The number of aliphatic carboxylic acids is 1. The van der Waals surface area contributed by atoms with Gasteiger partial charge in [-0.3, -0.25) is 14.4 Å². The predicted molar refractivity (Wildman–Crippen MR) is 86.8 cm³/mol. The number of hydrogen-bond donors (Lipinski definition) is 2. The van der Waals surface area contributed by atoms with Gasteiger partial charge in [0.05, 0.1) is 12.3 Å². The SMILES string of the molecule is CCC(OC(=O)C(C)C)OC(=O)C(N)C1(CC(=O)O)CCCCC1. The highest BCUT2D eigenvalue weighted by atomic mass is 16.7. The third-order valence-corrected chi connectivity index (χ3v) is 4.57. The van der Waals surface area contributed by atoms with Crippen LogP contribution in [0.2, 0.25) is 0 Å². The Morgan fingerprint density at radius 3 is 2.08 bits per heavy atom. The van der Waals surface area contributed by atoms with Gasteiger partial charge in [-0.25, -0.2) is 0 Å². The molecule has 1 saturated carbocycles. The Hall–Kier alpha value is -1.63. The van der Waals surface area contributed by atoms with Crippen LogP contribution in [0.25, 0.3) is 0 Å². The Labute approximate surface area is 142 Å². The summed E-state index contributed by atoms with van der Waals surface area (Å²) in [5, 5.41) is 9.19. The van der Waals surface area contributed by atoms with Crippen molar-refractivity contribution < 1.29 is 29.0 Å². The zero-order valence-corrected chi connectivity index (χ0v) is 14.7. The molecule has 0 aromatic heterocycles. The van der Waals surface area contributed by atoms with Crippen molar-refractivity contribution in [1.29, 1.82) is 0 Å². The van der Waals surface area contributed by atoms with E-state index >= 15 is 0 Å². The average Bonchev–Trinajstić information content (AvgIpc) is 2.53. The number of carboxylic acids is 1. The van der Waals surface area contributed by atoms with E-state index in [1.165, 1.54) is 0 Å². The number of nitrogens with two attached hydrogens (primary N) is 1. The minimum atomic E-state index is -1.04. The summed E-state index contributed by atoms with van der Waals surface area (Å²) < 4.78 is 10.4. The summed E-state index contributed by atoms with van der Waals surface area (Å²) in [5.41, 5.74) is 5.30. The van der Waals surface area contributed by atoms with E-state index in [0.717, 1.165) is 19.3 Å². The van der Waals surface area contributed by atoms with Gasteiger partial charge in [-0.15, -0.1) is 0 Å². The lowest BCUT2D eigenvalue weighted by atomic mass is 9.67. The van der Waals surface area contributed by atoms with Gasteiger partial charge in [0, 0.05) is 11.8 Å². The monoisotopic (exact) mass is 343 g/mol. The summed E-state index contributed by atoms with van der Waals surface area (Å²) in [7, 11) is 0. The Morgan fingerprint density at radius 2 is 1.62 bits per heavy atom. The van der Waals surface area contributed by atoms with Crippen molar-refractivity contribution in [2.24, 2.45) is 17.1 Å². The van der Waals surface area contributed by atoms with Crippen molar-refractivity contribution in [3.63, 3.8) is 0 Å². The summed E-state index contributed by atoms with van der Waals surface area (Å²) in [4.78, 5) is 35.3. The molecule has 7 nitrogen and oxygen atoms in total. The first kappa shape index (κ1) is 20.4. The highest BCUT2D eigenvalue weighted by molar-refractivity contribution is 5.79. The largest absolute Gasteiger partial charge is 0.481 e. The zero-order valence-electron chi connectivity index (χ0n) is 14.7. The molecule has 0 radical (unpaired) electrons. The second-order valence-corrected chi connectivity index (χ2v) is 6.84. The van der Waals surface area contributed by atoms with Gasteiger partial charge in [0.2, 0.25) is 6.29 Å². The topological polar surface area (TPSA) is 116 Å². The van der Waals surface area contributed by atoms with Crippen LogP contribution in [0.4, 0.5) is 0 Å². The van der Waals surface area contributed by atoms with Crippen LogP contribution in [0.15, 0.2) is 0 Å². The van der Waals surface area contributed by atoms with E-state index in [9.17, 15) is 19.5 Å². The number of ether oxygens (including phenoxy) is 2. The third-order valence-electron chi connectivity index (χ3n) is 4.57. The van der Waals surface area contributed by atoms with Crippen molar-refractivity contribution in [3.8, 4) is 0 Å². The maximum absolute atomic E-state index is 12.4. The molecule has 2 atom stereocenters. The van der Waals surface area contributed by atoms with Crippen LogP contribution in [0.1, 0.15) is 65.7 Å². The third kappa shape index (κ3) is 5.47. The first-order valence-electron chi connectivity index (χ1n) is 8.60. The van der Waals surface area contributed by atoms with Gasteiger partial charge in [0.15, 0.2) is 0 Å². The van der Waals surface area contributed by atoms with Crippen LogP contribution >= 0.6 is 0 Å². The summed E-state index contributed by atoms with van der Waals surface area (Å²) >= 11 is 0. The number of carboxylic acid groups (broad SMARTS) is 1. The molecule has 0 aliphatic heterocycles. The van der Waals surface area contributed by atoms with Gasteiger partial charge in [-0.05, 0) is 12.8 Å². The Bertz CT molecular complexity index is 456. The van der Waals surface area contributed by atoms with Crippen LogP contribution in [-0.2, 0) is 23.9 Å². The maximum Gasteiger partial charge on any atom is 0.326 e. The van der Waals surface area contributed by atoms with Gasteiger partial charge >= 0.3 is 17.9 Å². The highest BCUT2D eigenvalue weighted by Crippen LogP contribution is 2.42. The molecule has 138 valence electrons. The lowest BCUT2D eigenvalue weighted by Gasteiger charge is -2.39. The molecule has 24 heavy (non-hydrogen) atoms. The number of hydrogen-bond acceptors (Lipinski definition) is 6. The zero-order chi connectivity index (χ0) is 18.3. The first-order valence-corrected chi connectivity index (χ1v) is 8.60. The second kappa shape index (κ2) is 9.01.